The molecule has 39 heavy (non-hydrogen) atoms. The van der Waals surface area contributed by atoms with Crippen LogP contribution in [-0.2, 0) is 4.52 Å². The second kappa shape index (κ2) is 13.5. The molecule has 0 amide bonds. The van der Waals surface area contributed by atoms with Crippen LogP contribution >= 0.6 is 8.53 Å². The summed E-state index contributed by atoms with van der Waals surface area (Å²) in [5.41, 5.74) is 8.08. The summed E-state index contributed by atoms with van der Waals surface area (Å²) in [4.78, 5) is 9.53. The fourth-order valence-corrected chi connectivity index (χ4v) is 10.3. The molecule has 4 fully saturated rings. The van der Waals surface area contributed by atoms with Gasteiger partial charge in [0.2, 0.25) is 8.53 Å². The molecular formula is C32H59N2O4P. The van der Waals surface area contributed by atoms with E-state index in [1.54, 1.807) is 5.57 Å². The summed E-state index contributed by atoms with van der Waals surface area (Å²) in [5, 5.41) is 20.3. The topological polar surface area (TPSA) is 108 Å². The molecule has 226 valence electrons. The first-order chi connectivity index (χ1) is 18.5. The van der Waals surface area contributed by atoms with Crippen molar-refractivity contribution >= 4 is 8.53 Å². The minimum Gasteiger partial charge on any atom is -0.395 e. The number of allylic oxidation sites excluding steroid dienone is 1. The number of rotatable bonds is 8. The second-order valence-electron chi connectivity index (χ2n) is 14.7. The predicted molar refractivity (Wildman–Crippen MR) is 161 cm³/mol. The van der Waals surface area contributed by atoms with Crippen LogP contribution in [-0.4, -0.2) is 46.5 Å². The SMILES string of the molecule is CC(C)CCC[C@@H](C)[C@H]1CCC2C3CC=C4CC(OP(N)O)CC[C@]4(C)C3CC[C@@]21C.OC[C@@H]1CC(O)CN1. The molecule has 1 heterocycles. The van der Waals surface area contributed by atoms with Crippen molar-refractivity contribution in [3.8, 4) is 0 Å². The molecule has 4 aliphatic carbocycles. The summed E-state index contributed by atoms with van der Waals surface area (Å²) < 4.78 is 5.65. The van der Waals surface area contributed by atoms with Crippen LogP contribution in [0.5, 0.6) is 0 Å². The summed E-state index contributed by atoms with van der Waals surface area (Å²) in [6, 6.07) is 0.130. The van der Waals surface area contributed by atoms with Crippen molar-refractivity contribution in [2.75, 3.05) is 13.2 Å². The normalized spacial score (nSPS) is 43.0. The molecule has 0 spiro atoms. The number of hydrogen-bond donors (Lipinski definition) is 5. The van der Waals surface area contributed by atoms with E-state index >= 15 is 0 Å². The zero-order valence-corrected chi connectivity index (χ0v) is 26.3. The lowest BCUT2D eigenvalue weighted by atomic mass is 9.47. The Labute approximate surface area is 239 Å². The second-order valence-corrected chi connectivity index (χ2v) is 15.6. The number of β-amino-alcohol motifs (C(OH)–C–C–N with tert-alkyl or cyclic N) is 1. The van der Waals surface area contributed by atoms with Crippen molar-refractivity contribution in [2.45, 2.75) is 130 Å². The molecule has 7 heteroatoms. The highest BCUT2D eigenvalue weighted by Gasteiger charge is 2.59. The van der Waals surface area contributed by atoms with E-state index in [9.17, 15) is 4.89 Å². The molecular weight excluding hydrogens is 507 g/mol. The Balaban J connectivity index is 0.000000379. The quantitative estimate of drug-likeness (QED) is 0.175. The van der Waals surface area contributed by atoms with E-state index in [2.05, 4.69) is 46.0 Å². The van der Waals surface area contributed by atoms with Gasteiger partial charge in [0, 0.05) is 12.6 Å². The average molecular weight is 567 g/mol. The number of hydrogen-bond acceptors (Lipinski definition) is 6. The van der Waals surface area contributed by atoms with Crippen molar-refractivity contribution < 1.29 is 19.6 Å². The molecule has 0 aromatic carbocycles. The first-order valence-corrected chi connectivity index (χ1v) is 17.4. The zero-order chi connectivity index (χ0) is 28.4. The van der Waals surface area contributed by atoms with Gasteiger partial charge in [0.1, 0.15) is 0 Å². The fourth-order valence-electron chi connectivity index (χ4n) is 9.83. The molecule has 1 saturated heterocycles. The van der Waals surface area contributed by atoms with Gasteiger partial charge in [-0.05, 0) is 104 Å². The monoisotopic (exact) mass is 566 g/mol. The first-order valence-electron chi connectivity index (χ1n) is 16.1. The number of fused-ring (bicyclic) bond motifs is 5. The lowest BCUT2D eigenvalue weighted by Gasteiger charge is -2.58. The van der Waals surface area contributed by atoms with Crippen LogP contribution in [0.3, 0.4) is 0 Å². The smallest absolute Gasteiger partial charge is 0.250 e. The first kappa shape index (κ1) is 31.9. The van der Waals surface area contributed by atoms with Gasteiger partial charge in [-0.25, -0.2) is 0 Å². The van der Waals surface area contributed by atoms with Crippen molar-refractivity contribution in [3.05, 3.63) is 11.6 Å². The van der Waals surface area contributed by atoms with Gasteiger partial charge in [0.25, 0.3) is 0 Å². The lowest BCUT2D eigenvalue weighted by molar-refractivity contribution is -0.0558. The van der Waals surface area contributed by atoms with Crippen LogP contribution in [0, 0.1) is 46.3 Å². The van der Waals surface area contributed by atoms with Gasteiger partial charge in [0.05, 0.1) is 18.8 Å². The highest BCUT2D eigenvalue weighted by Crippen LogP contribution is 2.67. The van der Waals surface area contributed by atoms with Gasteiger partial charge in [-0.1, -0.05) is 65.5 Å². The molecule has 11 atom stereocenters. The van der Waals surface area contributed by atoms with E-state index in [1.165, 1.54) is 57.8 Å². The van der Waals surface area contributed by atoms with E-state index in [0.29, 0.717) is 23.8 Å². The van der Waals surface area contributed by atoms with E-state index in [4.69, 9.17) is 20.2 Å². The molecule has 6 N–H and O–H groups in total. The summed E-state index contributed by atoms with van der Waals surface area (Å²) >= 11 is 0. The molecule has 0 radical (unpaired) electrons. The highest BCUT2D eigenvalue weighted by molar-refractivity contribution is 7.43. The van der Waals surface area contributed by atoms with Crippen LogP contribution in [0.2, 0.25) is 0 Å². The van der Waals surface area contributed by atoms with Crippen LogP contribution in [0.4, 0.5) is 0 Å². The van der Waals surface area contributed by atoms with Gasteiger partial charge in [-0.2, -0.15) is 0 Å². The zero-order valence-electron chi connectivity index (χ0n) is 25.4. The van der Waals surface area contributed by atoms with Gasteiger partial charge >= 0.3 is 0 Å². The maximum Gasteiger partial charge on any atom is 0.250 e. The van der Waals surface area contributed by atoms with Crippen LogP contribution in [0.15, 0.2) is 11.6 Å². The van der Waals surface area contributed by atoms with E-state index in [-0.39, 0.29) is 24.9 Å². The summed E-state index contributed by atoms with van der Waals surface area (Å²) in [7, 11) is -1.74. The minimum absolute atomic E-state index is 0.119. The molecule has 0 aromatic heterocycles. The molecule has 3 saturated carbocycles. The maximum absolute atomic E-state index is 9.53. The standard InChI is InChI=1S/C27H48NO2P.C5H11NO2/c1-18(2)7-6-8-19(3)23-11-12-24-22-10-9-20-17-21(30-31(28)29)13-15-26(20,4)25(22)14-16-27(23,24)5;7-3-4-1-5(8)2-6-4/h9,18-19,21-25,29H,6-8,10-17,28H2,1-5H3;4-8H,1-3H2/t19-,21?,22?,23-,24?,25?,26+,27-,31?;4-,5?/m10/s1. The number of aliphatic hydroxyl groups excluding tert-OH is 2. The van der Waals surface area contributed by atoms with Crippen LogP contribution in [0.25, 0.3) is 0 Å². The number of aliphatic hydroxyl groups is 2. The van der Waals surface area contributed by atoms with Crippen molar-refractivity contribution in [3.63, 3.8) is 0 Å². The Morgan fingerprint density at radius 3 is 2.49 bits per heavy atom. The van der Waals surface area contributed by atoms with Gasteiger partial charge in [-0.15, -0.1) is 0 Å². The third-order valence-electron chi connectivity index (χ3n) is 11.9. The predicted octanol–water partition coefficient (Wildman–Crippen LogP) is 6.29. The van der Waals surface area contributed by atoms with Crippen LogP contribution in [0.1, 0.15) is 112 Å². The van der Waals surface area contributed by atoms with Crippen molar-refractivity contribution in [1.82, 2.24) is 5.32 Å². The fraction of sp³-hybridized carbons (Fsp3) is 0.938. The summed E-state index contributed by atoms with van der Waals surface area (Å²) in [6.07, 6.45) is 17.7. The molecule has 1 aliphatic heterocycles. The summed E-state index contributed by atoms with van der Waals surface area (Å²) in [5.74, 6) is 5.29. The van der Waals surface area contributed by atoms with Gasteiger partial charge in [-0.3, -0.25) is 5.50 Å². The van der Waals surface area contributed by atoms with E-state index in [0.717, 1.165) is 48.3 Å². The summed E-state index contributed by atoms with van der Waals surface area (Å²) in [6.45, 7) is 13.3. The van der Waals surface area contributed by atoms with Crippen molar-refractivity contribution in [2.24, 2.45) is 51.8 Å². The lowest BCUT2D eigenvalue weighted by Crippen LogP contribution is -2.51. The number of nitrogens with two attached hydrogens (primary N) is 1. The Hall–Kier alpha value is -0.0700. The largest absolute Gasteiger partial charge is 0.395 e. The molecule has 0 aromatic rings. The molecule has 6 unspecified atom stereocenters. The number of nitrogens with one attached hydrogen (secondary N) is 1. The third kappa shape index (κ3) is 7.12. The van der Waals surface area contributed by atoms with E-state index in [1.807, 2.05) is 0 Å². The minimum atomic E-state index is -1.74. The average Bonchev–Trinajstić information content (AvgIpc) is 3.46. The molecule has 0 bridgehead atoms. The molecule has 5 aliphatic rings. The Bertz CT molecular complexity index is 824. The Morgan fingerprint density at radius 1 is 1.10 bits per heavy atom. The van der Waals surface area contributed by atoms with E-state index < -0.39 is 8.53 Å². The molecule has 6 nitrogen and oxygen atoms in total. The Morgan fingerprint density at radius 2 is 1.87 bits per heavy atom. The van der Waals surface area contributed by atoms with Crippen LogP contribution < -0.4 is 10.8 Å². The third-order valence-corrected chi connectivity index (χ3v) is 12.5. The highest BCUT2D eigenvalue weighted by atomic mass is 31.2. The Kier molecular flexibility index (Phi) is 11.0. The maximum atomic E-state index is 9.53. The van der Waals surface area contributed by atoms with Crippen molar-refractivity contribution in [1.29, 1.82) is 0 Å². The van der Waals surface area contributed by atoms with Gasteiger partial charge in [0.15, 0.2) is 0 Å². The van der Waals surface area contributed by atoms with Gasteiger partial charge < -0.3 is 24.9 Å². The molecule has 5 rings (SSSR count).